The zero-order chi connectivity index (χ0) is 17.1. The third kappa shape index (κ3) is 3.58. The quantitative estimate of drug-likeness (QED) is 0.869. The minimum absolute atomic E-state index is 0.0214. The molecule has 0 radical (unpaired) electrons. The van der Waals surface area contributed by atoms with E-state index in [2.05, 4.69) is 24.3 Å². The minimum atomic E-state index is -0.400. The highest BCUT2D eigenvalue weighted by atomic mass is 16.4. The Labute approximate surface area is 142 Å². The largest absolute Gasteiger partial charge is 0.427 e. The molecule has 4 heteroatoms. The molecule has 1 aromatic heterocycles. The summed E-state index contributed by atoms with van der Waals surface area (Å²) in [5.41, 5.74) is 2.19. The summed E-state index contributed by atoms with van der Waals surface area (Å²) < 4.78 is 5.10. The average Bonchev–Trinajstić information content (AvgIpc) is 2.55. The number of piperidine rings is 1. The van der Waals surface area contributed by atoms with E-state index in [1.165, 1.54) is 11.6 Å². The van der Waals surface area contributed by atoms with Gasteiger partial charge in [-0.2, -0.15) is 0 Å². The van der Waals surface area contributed by atoms with Crippen molar-refractivity contribution in [3.63, 3.8) is 0 Å². The predicted molar refractivity (Wildman–Crippen MR) is 93.2 cm³/mol. The van der Waals surface area contributed by atoms with Gasteiger partial charge in [-0.1, -0.05) is 30.3 Å². The molecule has 2 aromatic rings. The van der Waals surface area contributed by atoms with Crippen molar-refractivity contribution in [2.45, 2.75) is 33.1 Å². The third-order valence-electron chi connectivity index (χ3n) is 4.82. The second kappa shape index (κ2) is 7.04. The molecule has 2 heterocycles. The van der Waals surface area contributed by atoms with Crippen LogP contribution in [0.2, 0.25) is 0 Å². The molecule has 0 saturated carbocycles. The lowest BCUT2D eigenvalue weighted by atomic mass is 9.90. The van der Waals surface area contributed by atoms with Gasteiger partial charge in [0.2, 0.25) is 0 Å². The molecule has 1 fully saturated rings. The molecule has 24 heavy (non-hydrogen) atoms. The number of hydrogen-bond donors (Lipinski definition) is 0. The van der Waals surface area contributed by atoms with Crippen molar-refractivity contribution in [3.8, 4) is 0 Å². The minimum Gasteiger partial charge on any atom is -0.427 e. The van der Waals surface area contributed by atoms with Crippen LogP contribution >= 0.6 is 0 Å². The van der Waals surface area contributed by atoms with Crippen molar-refractivity contribution in [2.75, 3.05) is 13.1 Å². The monoisotopic (exact) mass is 325 g/mol. The summed E-state index contributed by atoms with van der Waals surface area (Å²) in [5, 5.41) is 0. The van der Waals surface area contributed by atoms with Crippen molar-refractivity contribution in [1.82, 2.24) is 4.90 Å². The van der Waals surface area contributed by atoms with Crippen molar-refractivity contribution in [2.24, 2.45) is 5.92 Å². The van der Waals surface area contributed by atoms with Crippen LogP contribution in [0.25, 0.3) is 0 Å². The number of nitrogens with zero attached hydrogens (tertiary/aromatic N) is 1. The number of benzene rings is 1. The van der Waals surface area contributed by atoms with Crippen molar-refractivity contribution in [1.29, 1.82) is 0 Å². The summed E-state index contributed by atoms with van der Waals surface area (Å²) in [4.78, 5) is 26.1. The lowest BCUT2D eigenvalue weighted by Gasteiger charge is -2.32. The van der Waals surface area contributed by atoms with Gasteiger partial charge in [-0.3, -0.25) is 4.79 Å². The van der Waals surface area contributed by atoms with Crippen LogP contribution in [0, 0.1) is 19.8 Å². The fourth-order valence-electron chi connectivity index (χ4n) is 3.52. The van der Waals surface area contributed by atoms with E-state index in [0.717, 1.165) is 32.4 Å². The summed E-state index contributed by atoms with van der Waals surface area (Å²) in [7, 11) is 0. The van der Waals surface area contributed by atoms with Gasteiger partial charge in [0.15, 0.2) is 0 Å². The van der Waals surface area contributed by atoms with Crippen molar-refractivity contribution >= 4 is 5.91 Å². The number of hydrogen-bond acceptors (Lipinski definition) is 3. The van der Waals surface area contributed by atoms with Gasteiger partial charge in [0.1, 0.15) is 5.76 Å². The van der Waals surface area contributed by atoms with Gasteiger partial charge in [0.25, 0.3) is 5.91 Å². The molecule has 1 aliphatic heterocycles. The normalized spacial score (nSPS) is 15.5. The Hall–Kier alpha value is -2.36. The molecule has 0 unspecified atom stereocenters. The maximum absolute atomic E-state index is 12.8. The van der Waals surface area contributed by atoms with Gasteiger partial charge in [0.05, 0.1) is 5.56 Å². The van der Waals surface area contributed by atoms with E-state index >= 15 is 0 Å². The molecule has 3 rings (SSSR count). The second-order valence-corrected chi connectivity index (χ2v) is 6.60. The van der Waals surface area contributed by atoms with E-state index in [1.54, 1.807) is 13.8 Å². The van der Waals surface area contributed by atoms with Gasteiger partial charge in [0, 0.05) is 19.2 Å². The highest BCUT2D eigenvalue weighted by molar-refractivity contribution is 5.96. The van der Waals surface area contributed by atoms with Crippen LogP contribution in [-0.4, -0.2) is 23.9 Å². The van der Waals surface area contributed by atoms with Crippen LogP contribution in [-0.2, 0) is 6.42 Å². The number of aryl methyl sites for hydroxylation is 2. The fraction of sp³-hybridized carbons (Fsp3) is 0.400. The Bertz CT molecular complexity index is 745. The maximum atomic E-state index is 12.8. The van der Waals surface area contributed by atoms with Crippen LogP contribution in [0.1, 0.15) is 40.1 Å². The van der Waals surface area contributed by atoms with Gasteiger partial charge < -0.3 is 9.32 Å². The highest BCUT2D eigenvalue weighted by Gasteiger charge is 2.26. The molecule has 0 spiro atoms. The van der Waals surface area contributed by atoms with Crippen LogP contribution in [0.5, 0.6) is 0 Å². The van der Waals surface area contributed by atoms with Gasteiger partial charge in [-0.05, 0) is 50.2 Å². The molecule has 1 aromatic carbocycles. The number of likely N-dealkylation sites (tertiary alicyclic amines) is 1. The number of rotatable bonds is 3. The summed E-state index contributed by atoms with van der Waals surface area (Å²) >= 11 is 0. The lowest BCUT2D eigenvalue weighted by Crippen LogP contribution is -2.39. The Balaban J connectivity index is 1.64. The molecule has 4 nitrogen and oxygen atoms in total. The van der Waals surface area contributed by atoms with Crippen molar-refractivity contribution < 1.29 is 9.21 Å². The molecule has 1 aliphatic rings. The third-order valence-corrected chi connectivity index (χ3v) is 4.82. The molecule has 0 aliphatic carbocycles. The summed E-state index contributed by atoms with van der Waals surface area (Å²) in [6.45, 7) is 4.99. The average molecular weight is 325 g/mol. The first kappa shape index (κ1) is 16.5. The Kier molecular flexibility index (Phi) is 4.84. The zero-order valence-corrected chi connectivity index (χ0v) is 14.2. The van der Waals surface area contributed by atoms with Crippen LogP contribution in [0.4, 0.5) is 0 Å². The first-order valence-electron chi connectivity index (χ1n) is 8.49. The standard InChI is InChI=1S/C20H23NO3/c1-14-12-18(22)24-15(2)19(14)20(23)21-10-8-17(9-11-21)13-16-6-4-3-5-7-16/h3-7,12,17H,8-11,13H2,1-2H3. The van der Waals surface area contributed by atoms with Gasteiger partial charge >= 0.3 is 5.63 Å². The molecule has 0 bridgehead atoms. The Morgan fingerprint density at radius 2 is 1.83 bits per heavy atom. The molecule has 126 valence electrons. The first-order chi connectivity index (χ1) is 11.5. The lowest BCUT2D eigenvalue weighted by molar-refractivity contribution is 0.0685. The highest BCUT2D eigenvalue weighted by Crippen LogP contribution is 2.24. The van der Waals surface area contributed by atoms with E-state index in [1.807, 2.05) is 11.0 Å². The van der Waals surface area contributed by atoms with E-state index in [4.69, 9.17) is 4.42 Å². The number of carbonyl (C=O) groups excluding carboxylic acids is 1. The smallest absolute Gasteiger partial charge is 0.336 e. The van der Waals surface area contributed by atoms with Gasteiger partial charge in [-0.25, -0.2) is 4.79 Å². The van der Waals surface area contributed by atoms with Crippen LogP contribution in [0.3, 0.4) is 0 Å². The topological polar surface area (TPSA) is 50.5 Å². The fourth-order valence-corrected chi connectivity index (χ4v) is 3.52. The van der Waals surface area contributed by atoms with E-state index in [9.17, 15) is 9.59 Å². The molecular formula is C20H23NO3. The SMILES string of the molecule is Cc1cc(=O)oc(C)c1C(=O)N1CCC(Cc2ccccc2)CC1. The Morgan fingerprint density at radius 3 is 2.46 bits per heavy atom. The van der Waals surface area contributed by atoms with Crippen LogP contribution in [0.15, 0.2) is 45.6 Å². The van der Waals surface area contributed by atoms with Gasteiger partial charge in [-0.15, -0.1) is 0 Å². The van der Waals surface area contributed by atoms with E-state index < -0.39 is 5.63 Å². The number of amides is 1. The zero-order valence-electron chi connectivity index (χ0n) is 14.2. The second-order valence-electron chi connectivity index (χ2n) is 6.60. The van der Waals surface area contributed by atoms with E-state index in [0.29, 0.717) is 22.8 Å². The van der Waals surface area contributed by atoms with E-state index in [-0.39, 0.29) is 5.91 Å². The molecule has 1 saturated heterocycles. The molecular weight excluding hydrogens is 302 g/mol. The first-order valence-corrected chi connectivity index (χ1v) is 8.49. The molecule has 0 atom stereocenters. The van der Waals surface area contributed by atoms with Crippen molar-refractivity contribution in [3.05, 3.63) is 69.3 Å². The Morgan fingerprint density at radius 1 is 1.17 bits per heavy atom. The maximum Gasteiger partial charge on any atom is 0.336 e. The van der Waals surface area contributed by atoms with Crippen LogP contribution < -0.4 is 5.63 Å². The predicted octanol–water partition coefficient (Wildman–Crippen LogP) is 3.35. The molecule has 1 amide bonds. The molecule has 0 N–H and O–H groups in total. The summed E-state index contributed by atoms with van der Waals surface area (Å²) in [6, 6.07) is 11.9. The summed E-state index contributed by atoms with van der Waals surface area (Å²) in [6.07, 6.45) is 3.09. The number of carbonyl (C=O) groups is 1. The summed E-state index contributed by atoms with van der Waals surface area (Å²) in [5.74, 6) is 1.01.